The molecule has 4 aromatic carbocycles. The number of rotatable bonds is 6. The molecule has 3 heteroatoms. The summed E-state index contributed by atoms with van der Waals surface area (Å²) in [7, 11) is 0. The average molecular weight is 451 g/mol. The van der Waals surface area contributed by atoms with Gasteiger partial charge in [0.2, 0.25) is 0 Å². The Hall–Kier alpha value is -3.85. The minimum Gasteiger partial charge on any atom is -0.449 e. The highest BCUT2D eigenvalue weighted by molar-refractivity contribution is 5.80. The third-order valence-electron chi connectivity index (χ3n) is 6.72. The molecule has 0 heterocycles. The zero-order valence-electron chi connectivity index (χ0n) is 20.1. The van der Waals surface area contributed by atoms with E-state index in [4.69, 9.17) is 4.74 Å². The van der Waals surface area contributed by atoms with Crippen LogP contribution in [0.1, 0.15) is 49.9 Å². The summed E-state index contributed by atoms with van der Waals surface area (Å²) in [4.78, 5) is 11.7. The molecule has 4 aromatic rings. The lowest BCUT2D eigenvalue weighted by atomic mass is 9.66. The summed E-state index contributed by atoms with van der Waals surface area (Å²) in [5.41, 5.74) is 5.46. The summed E-state index contributed by atoms with van der Waals surface area (Å²) in [5.74, 6) is 0.338. The van der Waals surface area contributed by atoms with E-state index in [1.807, 2.05) is 60.7 Å². The number of benzene rings is 4. The van der Waals surface area contributed by atoms with Crippen LogP contribution in [-0.2, 0) is 10.8 Å². The van der Waals surface area contributed by atoms with Crippen LogP contribution in [0.3, 0.4) is 0 Å². The maximum atomic E-state index is 11.7. The Labute approximate surface area is 201 Å². The van der Waals surface area contributed by atoms with E-state index in [0.29, 0.717) is 5.75 Å². The number of ether oxygens (including phenoxy) is 1. The van der Waals surface area contributed by atoms with E-state index < -0.39 is 11.6 Å². The third-order valence-corrected chi connectivity index (χ3v) is 6.72. The van der Waals surface area contributed by atoms with Crippen molar-refractivity contribution in [2.24, 2.45) is 0 Å². The lowest BCUT2D eigenvalue weighted by molar-refractivity contribution is 0.144. The lowest BCUT2D eigenvalue weighted by Crippen LogP contribution is -2.29. The number of hydrogen-bond acceptors (Lipinski definition) is 2. The van der Waals surface area contributed by atoms with Crippen LogP contribution in [0.2, 0.25) is 0 Å². The van der Waals surface area contributed by atoms with Gasteiger partial charge in [-0.05, 0) is 33.9 Å². The van der Waals surface area contributed by atoms with Gasteiger partial charge in [-0.25, -0.2) is 4.79 Å². The van der Waals surface area contributed by atoms with Crippen molar-refractivity contribution in [1.29, 1.82) is 0 Å². The number of carboxylic acid groups (broad SMARTS) is 1. The molecule has 0 atom stereocenters. The second kappa shape index (κ2) is 9.18. The highest BCUT2D eigenvalue weighted by Crippen LogP contribution is 2.49. The molecule has 0 unspecified atom stereocenters. The molecule has 1 N–H and O–H groups in total. The van der Waals surface area contributed by atoms with Gasteiger partial charge in [-0.3, -0.25) is 0 Å². The van der Waals surface area contributed by atoms with Gasteiger partial charge in [0.15, 0.2) is 0 Å². The predicted molar refractivity (Wildman–Crippen MR) is 138 cm³/mol. The molecule has 0 fully saturated rings. The average Bonchev–Trinajstić information content (AvgIpc) is 2.85. The fourth-order valence-electron chi connectivity index (χ4n) is 4.83. The molecule has 0 aromatic heterocycles. The Morgan fingerprint density at radius 3 is 1.62 bits per heavy atom. The van der Waals surface area contributed by atoms with E-state index in [1.165, 1.54) is 5.56 Å². The summed E-state index contributed by atoms with van der Waals surface area (Å²) >= 11 is 0. The minimum atomic E-state index is -1.32. The van der Waals surface area contributed by atoms with Gasteiger partial charge in [0.05, 0.1) is 0 Å². The van der Waals surface area contributed by atoms with Crippen LogP contribution in [0.15, 0.2) is 103 Å². The van der Waals surface area contributed by atoms with E-state index in [0.717, 1.165) is 27.8 Å². The Morgan fingerprint density at radius 1 is 0.647 bits per heavy atom. The molecule has 0 bridgehead atoms. The minimum absolute atomic E-state index is 0.338. The molecule has 0 saturated heterocycles. The fourth-order valence-corrected chi connectivity index (χ4v) is 4.83. The van der Waals surface area contributed by atoms with Gasteiger partial charge in [0, 0.05) is 16.4 Å². The molecular weight excluding hydrogens is 420 g/mol. The molecule has 0 radical (unpaired) electrons. The second-order valence-corrected chi connectivity index (χ2v) is 9.58. The van der Waals surface area contributed by atoms with Crippen molar-refractivity contribution in [3.05, 3.63) is 125 Å². The van der Waals surface area contributed by atoms with Crippen LogP contribution in [-0.4, -0.2) is 11.3 Å². The molecular formula is C31H30O3. The Balaban J connectivity index is 2.12. The van der Waals surface area contributed by atoms with Gasteiger partial charge in [0.25, 0.3) is 0 Å². The van der Waals surface area contributed by atoms with Crippen molar-refractivity contribution in [2.75, 3.05) is 0 Å². The first-order chi connectivity index (χ1) is 16.2. The maximum Gasteiger partial charge on any atom is 0.511 e. The largest absolute Gasteiger partial charge is 0.511 e. The number of hydrogen-bond donors (Lipinski definition) is 1. The molecule has 0 spiro atoms. The van der Waals surface area contributed by atoms with Gasteiger partial charge in [0.1, 0.15) is 5.75 Å². The van der Waals surface area contributed by atoms with Crippen molar-refractivity contribution in [3.63, 3.8) is 0 Å². The molecule has 172 valence electrons. The maximum absolute atomic E-state index is 11.7. The highest BCUT2D eigenvalue weighted by Gasteiger charge is 2.37. The molecule has 0 aliphatic carbocycles. The quantitative estimate of drug-likeness (QED) is 0.239. The summed E-state index contributed by atoms with van der Waals surface area (Å²) in [6.07, 6.45) is -1.32. The van der Waals surface area contributed by atoms with E-state index >= 15 is 0 Å². The van der Waals surface area contributed by atoms with Crippen LogP contribution in [0.5, 0.6) is 5.75 Å². The van der Waals surface area contributed by atoms with Crippen LogP contribution in [0, 0.1) is 0 Å². The van der Waals surface area contributed by atoms with Crippen molar-refractivity contribution in [1.82, 2.24) is 0 Å². The van der Waals surface area contributed by atoms with Gasteiger partial charge in [-0.2, -0.15) is 0 Å². The standard InChI is InChI=1S/C31H30O3/c1-30(2,23-16-10-6-11-17-23)25-20-21-26(34-29(32)33)27(22-14-8-5-9-15-22)28(25)31(3,4)24-18-12-7-13-19-24/h5-21H,1-4H3,(H,32,33). The van der Waals surface area contributed by atoms with Gasteiger partial charge >= 0.3 is 6.16 Å². The second-order valence-electron chi connectivity index (χ2n) is 9.58. The molecule has 3 nitrogen and oxygen atoms in total. The molecule has 0 amide bonds. The smallest absolute Gasteiger partial charge is 0.449 e. The summed E-state index contributed by atoms with van der Waals surface area (Å²) in [6.45, 7) is 8.82. The molecule has 4 rings (SSSR count). The Bertz CT molecular complexity index is 1270. The fraction of sp³-hybridized carbons (Fsp3) is 0.194. The molecule has 0 aliphatic rings. The number of carbonyl (C=O) groups is 1. The lowest BCUT2D eigenvalue weighted by Gasteiger charge is -2.37. The zero-order chi connectivity index (χ0) is 24.3. The topological polar surface area (TPSA) is 46.5 Å². The highest BCUT2D eigenvalue weighted by atomic mass is 16.7. The Morgan fingerprint density at radius 2 is 1.12 bits per heavy atom. The Kier molecular flexibility index (Phi) is 6.30. The van der Waals surface area contributed by atoms with Crippen LogP contribution >= 0.6 is 0 Å². The van der Waals surface area contributed by atoms with E-state index in [1.54, 1.807) is 6.07 Å². The normalized spacial score (nSPS) is 11.8. The summed E-state index contributed by atoms with van der Waals surface area (Å²) in [6, 6.07) is 34.5. The first kappa shape index (κ1) is 23.3. The predicted octanol–water partition coefficient (Wildman–Crippen LogP) is 8.06. The van der Waals surface area contributed by atoms with Gasteiger partial charge in [-0.15, -0.1) is 0 Å². The first-order valence-electron chi connectivity index (χ1n) is 11.5. The first-order valence-corrected chi connectivity index (χ1v) is 11.5. The summed E-state index contributed by atoms with van der Waals surface area (Å²) in [5, 5.41) is 9.53. The van der Waals surface area contributed by atoms with Gasteiger partial charge < -0.3 is 9.84 Å². The van der Waals surface area contributed by atoms with Crippen molar-refractivity contribution < 1.29 is 14.6 Å². The van der Waals surface area contributed by atoms with E-state index in [9.17, 15) is 9.90 Å². The van der Waals surface area contributed by atoms with Crippen LogP contribution < -0.4 is 4.74 Å². The van der Waals surface area contributed by atoms with E-state index in [-0.39, 0.29) is 5.41 Å². The van der Waals surface area contributed by atoms with Crippen LogP contribution in [0.4, 0.5) is 4.79 Å². The van der Waals surface area contributed by atoms with Crippen molar-refractivity contribution in [2.45, 2.75) is 38.5 Å². The zero-order valence-corrected chi connectivity index (χ0v) is 20.1. The molecule has 0 aliphatic heterocycles. The van der Waals surface area contributed by atoms with E-state index in [2.05, 4.69) is 64.1 Å². The molecule has 34 heavy (non-hydrogen) atoms. The van der Waals surface area contributed by atoms with Crippen molar-refractivity contribution >= 4 is 6.16 Å². The van der Waals surface area contributed by atoms with Gasteiger partial charge in [-0.1, -0.05) is 125 Å². The van der Waals surface area contributed by atoms with Crippen LogP contribution in [0.25, 0.3) is 11.1 Å². The SMILES string of the molecule is CC(C)(c1ccccc1)c1ccc(OC(=O)O)c(-c2ccccc2)c1C(C)(C)c1ccccc1. The summed E-state index contributed by atoms with van der Waals surface area (Å²) < 4.78 is 5.36. The third kappa shape index (κ3) is 4.34. The van der Waals surface area contributed by atoms with Crippen molar-refractivity contribution in [3.8, 4) is 16.9 Å². The molecule has 0 saturated carbocycles. The monoisotopic (exact) mass is 450 g/mol.